The quantitative estimate of drug-likeness (QED) is 0.837. The molecule has 0 heterocycles. The van der Waals surface area contributed by atoms with E-state index in [-0.39, 0.29) is 17.7 Å². The second-order valence-corrected chi connectivity index (χ2v) is 5.68. The number of carboxylic acid groups (broad SMARTS) is 1. The average Bonchev–Trinajstić information content (AvgIpc) is 2.98. The molecule has 4 atom stereocenters. The smallest absolute Gasteiger partial charge is 0.228 e. The summed E-state index contributed by atoms with van der Waals surface area (Å²) in [5.74, 6) is -2.59. The molecule has 2 aliphatic carbocycles. The number of hydrogen-bond donors (Lipinski definition) is 1. The third-order valence-corrected chi connectivity index (χ3v) is 4.32. The van der Waals surface area contributed by atoms with Crippen molar-refractivity contribution in [3.05, 3.63) is 42.0 Å². The van der Waals surface area contributed by atoms with Gasteiger partial charge in [-0.2, -0.15) is 0 Å². The summed E-state index contributed by atoms with van der Waals surface area (Å²) in [5, 5.41) is 14.1. The van der Waals surface area contributed by atoms with Crippen LogP contribution < -0.4 is 10.4 Å². The van der Waals surface area contributed by atoms with Crippen LogP contribution in [0.5, 0.6) is 0 Å². The first kappa shape index (κ1) is 12.9. The number of benzene rings is 1. The van der Waals surface area contributed by atoms with Gasteiger partial charge < -0.3 is 15.2 Å². The van der Waals surface area contributed by atoms with Crippen LogP contribution in [-0.2, 0) is 9.59 Å². The number of fused-ring (bicyclic) bond motifs is 2. The lowest BCUT2D eigenvalue weighted by atomic mass is 9.82. The zero-order chi connectivity index (χ0) is 14.3. The highest BCUT2D eigenvalue weighted by atomic mass is 16.4. The molecule has 3 rings (SSSR count). The molecule has 20 heavy (non-hydrogen) atoms. The molecule has 1 aromatic rings. The molecule has 1 N–H and O–H groups in total. The summed E-state index contributed by atoms with van der Waals surface area (Å²) in [6.45, 7) is 1.94. The van der Waals surface area contributed by atoms with Gasteiger partial charge in [-0.15, -0.1) is 0 Å². The van der Waals surface area contributed by atoms with Crippen molar-refractivity contribution < 1.29 is 14.7 Å². The van der Waals surface area contributed by atoms with E-state index >= 15 is 0 Å². The predicted octanol–water partition coefficient (Wildman–Crippen LogP) is 1.12. The molecule has 4 heteroatoms. The fourth-order valence-corrected chi connectivity index (χ4v) is 3.45. The summed E-state index contributed by atoms with van der Waals surface area (Å²) in [7, 11) is 0. The lowest BCUT2D eigenvalue weighted by Gasteiger charge is -2.27. The van der Waals surface area contributed by atoms with Crippen molar-refractivity contribution in [2.24, 2.45) is 23.7 Å². The fourth-order valence-electron chi connectivity index (χ4n) is 3.45. The molecular weight excluding hydrogens is 254 g/mol. The predicted molar refractivity (Wildman–Crippen MR) is 72.5 cm³/mol. The maximum Gasteiger partial charge on any atom is 0.228 e. The van der Waals surface area contributed by atoms with Gasteiger partial charge in [0.1, 0.15) is 0 Å². The molecular formula is C16H16NO3-. The van der Waals surface area contributed by atoms with E-state index in [2.05, 4.69) is 5.32 Å². The maximum absolute atomic E-state index is 12.4. The molecule has 1 fully saturated rings. The van der Waals surface area contributed by atoms with Crippen LogP contribution in [0, 0.1) is 30.6 Å². The van der Waals surface area contributed by atoms with Crippen molar-refractivity contribution in [3.63, 3.8) is 0 Å². The lowest BCUT2D eigenvalue weighted by molar-refractivity contribution is -0.313. The molecule has 104 valence electrons. The third-order valence-electron chi connectivity index (χ3n) is 4.32. The van der Waals surface area contributed by atoms with E-state index in [1.807, 2.05) is 43.3 Å². The van der Waals surface area contributed by atoms with Gasteiger partial charge in [0.05, 0.1) is 5.92 Å². The molecule has 0 aromatic heterocycles. The summed E-state index contributed by atoms with van der Waals surface area (Å²) in [5.41, 5.74) is 1.76. The van der Waals surface area contributed by atoms with Gasteiger partial charge in [-0.25, -0.2) is 0 Å². The van der Waals surface area contributed by atoms with E-state index in [1.54, 1.807) is 0 Å². The van der Waals surface area contributed by atoms with E-state index in [0.29, 0.717) is 5.69 Å². The van der Waals surface area contributed by atoms with E-state index < -0.39 is 17.8 Å². The summed E-state index contributed by atoms with van der Waals surface area (Å²) in [6.07, 6.45) is 4.61. The second-order valence-electron chi connectivity index (χ2n) is 5.68. The monoisotopic (exact) mass is 270 g/mol. The standard InChI is InChI=1S/C16H17NO3/c1-9-3-2-4-12(7-9)17-15(18)13-10-5-6-11(8-10)14(13)16(19)20/h2-7,10-11,13-14H,8H2,1H3,(H,17,18)(H,19,20)/p-1/t10-,11-,13+,14-/m1/s1. The van der Waals surface area contributed by atoms with Crippen LogP contribution in [0.4, 0.5) is 5.69 Å². The Balaban J connectivity index is 1.80. The Kier molecular flexibility index (Phi) is 3.08. The van der Waals surface area contributed by atoms with Gasteiger partial charge in [0.2, 0.25) is 5.91 Å². The number of aryl methyl sites for hydroxylation is 1. The highest BCUT2D eigenvalue weighted by Gasteiger charge is 2.48. The van der Waals surface area contributed by atoms with E-state index in [1.165, 1.54) is 0 Å². The zero-order valence-electron chi connectivity index (χ0n) is 11.2. The summed E-state index contributed by atoms with van der Waals surface area (Å²) in [4.78, 5) is 23.7. The first-order chi connectivity index (χ1) is 9.56. The van der Waals surface area contributed by atoms with Gasteiger partial charge in [0.15, 0.2) is 0 Å². The number of amides is 1. The Morgan fingerprint density at radius 3 is 2.55 bits per heavy atom. The van der Waals surface area contributed by atoms with Crippen LogP contribution in [-0.4, -0.2) is 11.9 Å². The van der Waals surface area contributed by atoms with Gasteiger partial charge >= 0.3 is 0 Å². The van der Waals surface area contributed by atoms with Crippen molar-refractivity contribution in [2.45, 2.75) is 13.3 Å². The normalized spacial score (nSPS) is 30.4. The van der Waals surface area contributed by atoms with E-state index in [0.717, 1.165) is 12.0 Å². The molecule has 0 spiro atoms. The molecule has 2 aliphatic rings. The number of carbonyl (C=O) groups is 2. The Morgan fingerprint density at radius 1 is 1.20 bits per heavy atom. The van der Waals surface area contributed by atoms with Crippen LogP contribution in [0.25, 0.3) is 0 Å². The van der Waals surface area contributed by atoms with Crippen molar-refractivity contribution in [2.75, 3.05) is 5.32 Å². The summed E-state index contributed by atoms with van der Waals surface area (Å²) in [6, 6.07) is 7.48. The highest BCUT2D eigenvalue weighted by Crippen LogP contribution is 2.48. The molecule has 2 bridgehead atoms. The minimum absolute atomic E-state index is 0.0210. The van der Waals surface area contributed by atoms with E-state index in [9.17, 15) is 14.7 Å². The largest absolute Gasteiger partial charge is 0.550 e. The SMILES string of the molecule is Cc1cccc(NC(=O)[C@@H]2[C@H](C(=O)[O-])[C@@H]3C=C[C@@H]2C3)c1. The van der Waals surface area contributed by atoms with Gasteiger partial charge in [-0.3, -0.25) is 4.79 Å². The van der Waals surface area contributed by atoms with Crippen LogP contribution in [0.15, 0.2) is 36.4 Å². The lowest BCUT2D eigenvalue weighted by Crippen LogP contribution is -2.42. The van der Waals surface area contributed by atoms with Crippen molar-refractivity contribution in [1.29, 1.82) is 0 Å². The molecule has 1 amide bonds. The number of anilines is 1. The summed E-state index contributed by atoms with van der Waals surface area (Å²) < 4.78 is 0. The number of nitrogens with one attached hydrogen (secondary N) is 1. The molecule has 0 aliphatic heterocycles. The number of carboxylic acids is 1. The first-order valence-corrected chi connectivity index (χ1v) is 6.83. The maximum atomic E-state index is 12.4. The Hall–Kier alpha value is -2.10. The topological polar surface area (TPSA) is 69.2 Å². The molecule has 0 unspecified atom stereocenters. The van der Waals surface area contributed by atoms with Crippen LogP contribution in [0.3, 0.4) is 0 Å². The average molecular weight is 270 g/mol. The van der Waals surface area contributed by atoms with Gasteiger partial charge in [0.25, 0.3) is 0 Å². The number of carbonyl (C=O) groups excluding carboxylic acids is 2. The number of hydrogen-bond acceptors (Lipinski definition) is 3. The second kappa shape index (κ2) is 4.78. The highest BCUT2D eigenvalue weighted by molar-refractivity contribution is 5.96. The summed E-state index contributed by atoms with van der Waals surface area (Å²) >= 11 is 0. The number of allylic oxidation sites excluding steroid dienone is 2. The number of aliphatic carboxylic acids is 1. The van der Waals surface area contributed by atoms with Crippen molar-refractivity contribution in [3.8, 4) is 0 Å². The molecule has 4 nitrogen and oxygen atoms in total. The molecule has 0 radical (unpaired) electrons. The van der Waals surface area contributed by atoms with Gasteiger partial charge in [-0.05, 0) is 42.9 Å². The minimum Gasteiger partial charge on any atom is -0.550 e. The Bertz CT molecular complexity index is 593. The fraction of sp³-hybridized carbons (Fsp3) is 0.375. The Labute approximate surface area is 117 Å². The molecule has 1 saturated carbocycles. The minimum atomic E-state index is -1.12. The van der Waals surface area contributed by atoms with E-state index in [4.69, 9.17) is 0 Å². The Morgan fingerprint density at radius 2 is 1.90 bits per heavy atom. The van der Waals surface area contributed by atoms with Crippen LogP contribution in [0.2, 0.25) is 0 Å². The van der Waals surface area contributed by atoms with Gasteiger partial charge in [0, 0.05) is 17.6 Å². The molecule has 1 aromatic carbocycles. The number of rotatable bonds is 3. The van der Waals surface area contributed by atoms with Crippen molar-refractivity contribution >= 4 is 17.6 Å². The molecule has 0 saturated heterocycles. The van der Waals surface area contributed by atoms with Gasteiger partial charge in [-0.1, -0.05) is 24.3 Å². The van der Waals surface area contributed by atoms with Crippen molar-refractivity contribution in [1.82, 2.24) is 0 Å². The zero-order valence-corrected chi connectivity index (χ0v) is 11.2. The first-order valence-electron chi connectivity index (χ1n) is 6.83. The van der Waals surface area contributed by atoms with Crippen LogP contribution in [0.1, 0.15) is 12.0 Å². The third kappa shape index (κ3) is 2.11. The van der Waals surface area contributed by atoms with Crippen LogP contribution >= 0.6 is 0 Å².